The van der Waals surface area contributed by atoms with E-state index in [9.17, 15) is 4.79 Å². The molecule has 8 heteroatoms. The zero-order valence-corrected chi connectivity index (χ0v) is 14.4. The highest BCUT2D eigenvalue weighted by Crippen LogP contribution is 2.40. The molecule has 0 atom stereocenters. The summed E-state index contributed by atoms with van der Waals surface area (Å²) in [6, 6.07) is 7.07. The number of anilines is 1. The number of carbonyl (C=O) groups is 1. The van der Waals surface area contributed by atoms with Crippen molar-refractivity contribution in [3.05, 3.63) is 53.4 Å². The Labute approximate surface area is 152 Å². The van der Waals surface area contributed by atoms with Crippen LogP contribution in [-0.2, 0) is 0 Å². The lowest BCUT2D eigenvalue weighted by molar-refractivity contribution is 0.102. The monoisotopic (exact) mass is 363 g/mol. The molecular weight excluding hydrogens is 350 g/mol. The third kappa shape index (κ3) is 2.74. The van der Waals surface area contributed by atoms with Gasteiger partial charge in [-0.2, -0.15) is 4.98 Å². The van der Waals surface area contributed by atoms with Crippen LogP contribution in [0.5, 0.6) is 0 Å². The van der Waals surface area contributed by atoms with Gasteiger partial charge in [0.2, 0.25) is 0 Å². The summed E-state index contributed by atoms with van der Waals surface area (Å²) >= 11 is 1.45. The molecule has 128 valence electrons. The van der Waals surface area contributed by atoms with Crippen molar-refractivity contribution in [2.45, 2.75) is 18.8 Å². The van der Waals surface area contributed by atoms with Crippen molar-refractivity contribution in [3.63, 3.8) is 0 Å². The van der Waals surface area contributed by atoms with Gasteiger partial charge in [-0.25, -0.2) is 0 Å². The van der Waals surface area contributed by atoms with Crippen LogP contribution in [0.15, 0.2) is 46.6 Å². The topological polar surface area (TPSA) is 93.8 Å². The lowest BCUT2D eigenvalue weighted by Crippen LogP contribution is -2.12. The smallest absolute Gasteiger partial charge is 0.270 e. The van der Waals surface area contributed by atoms with Gasteiger partial charge in [0.1, 0.15) is 4.88 Å². The molecule has 1 saturated carbocycles. The molecule has 0 unspecified atom stereocenters. The van der Waals surface area contributed by atoms with Crippen molar-refractivity contribution >= 4 is 34.0 Å². The number of nitrogens with one attached hydrogen (secondary N) is 1. The van der Waals surface area contributed by atoms with Gasteiger partial charge in [0, 0.05) is 23.9 Å². The minimum absolute atomic E-state index is 0.223. The van der Waals surface area contributed by atoms with Gasteiger partial charge in [0.25, 0.3) is 11.8 Å². The molecule has 4 aromatic rings. The first kappa shape index (κ1) is 15.2. The number of rotatable bonds is 4. The standard InChI is InChI=1S/C18H13N5O2S/c24-17(11-3-4-12-14(9-11)20-7-6-19-12)21-13-5-8-26-15(13)18-22-16(23-25-18)10-1-2-10/h3-10H,1-2H2,(H,21,24). The third-order valence-corrected chi connectivity index (χ3v) is 5.13. The van der Waals surface area contributed by atoms with Crippen LogP contribution in [0.1, 0.15) is 34.9 Å². The fraction of sp³-hybridized carbons (Fsp3) is 0.167. The molecule has 3 aromatic heterocycles. The second-order valence-electron chi connectivity index (χ2n) is 6.11. The molecule has 0 aliphatic heterocycles. The predicted molar refractivity (Wildman–Crippen MR) is 97.1 cm³/mol. The van der Waals surface area contributed by atoms with E-state index < -0.39 is 0 Å². The molecule has 0 bridgehead atoms. The molecule has 1 N–H and O–H groups in total. The van der Waals surface area contributed by atoms with Gasteiger partial charge in [0.05, 0.1) is 16.7 Å². The van der Waals surface area contributed by atoms with E-state index in [1.54, 1.807) is 30.6 Å². The van der Waals surface area contributed by atoms with Crippen molar-refractivity contribution in [2.24, 2.45) is 0 Å². The first-order valence-corrected chi connectivity index (χ1v) is 9.09. The summed E-state index contributed by atoms with van der Waals surface area (Å²) in [6.45, 7) is 0. The Hall–Kier alpha value is -3.13. The molecule has 5 rings (SSSR count). The highest BCUT2D eigenvalue weighted by Gasteiger charge is 2.29. The lowest BCUT2D eigenvalue weighted by Gasteiger charge is -2.05. The van der Waals surface area contributed by atoms with E-state index >= 15 is 0 Å². The molecule has 1 aliphatic rings. The van der Waals surface area contributed by atoms with Crippen molar-refractivity contribution in [1.82, 2.24) is 20.1 Å². The van der Waals surface area contributed by atoms with Gasteiger partial charge in [-0.1, -0.05) is 5.16 Å². The molecular formula is C18H13N5O2S. The molecule has 1 aromatic carbocycles. The van der Waals surface area contributed by atoms with Crippen molar-refractivity contribution < 1.29 is 9.32 Å². The molecule has 26 heavy (non-hydrogen) atoms. The first-order chi connectivity index (χ1) is 12.8. The number of fused-ring (bicyclic) bond motifs is 1. The largest absolute Gasteiger partial charge is 0.333 e. The maximum atomic E-state index is 12.6. The number of hydrogen-bond acceptors (Lipinski definition) is 7. The highest BCUT2D eigenvalue weighted by molar-refractivity contribution is 7.14. The number of nitrogens with zero attached hydrogens (tertiary/aromatic N) is 4. The molecule has 7 nitrogen and oxygen atoms in total. The number of benzene rings is 1. The molecule has 1 amide bonds. The number of amides is 1. The normalized spacial score (nSPS) is 13.8. The summed E-state index contributed by atoms with van der Waals surface area (Å²) in [5, 5.41) is 8.85. The zero-order valence-electron chi connectivity index (χ0n) is 13.5. The van der Waals surface area contributed by atoms with E-state index in [0.717, 1.165) is 29.1 Å². The fourth-order valence-electron chi connectivity index (χ4n) is 2.71. The van der Waals surface area contributed by atoms with Crippen LogP contribution in [0.25, 0.3) is 21.8 Å². The van der Waals surface area contributed by atoms with Crippen molar-refractivity contribution in [2.75, 3.05) is 5.32 Å². The maximum Gasteiger partial charge on any atom is 0.270 e. The van der Waals surface area contributed by atoms with Gasteiger partial charge in [0.15, 0.2) is 5.82 Å². The van der Waals surface area contributed by atoms with Crippen molar-refractivity contribution in [1.29, 1.82) is 0 Å². The summed E-state index contributed by atoms with van der Waals surface area (Å²) < 4.78 is 5.38. The van der Waals surface area contributed by atoms with Gasteiger partial charge in [-0.05, 0) is 42.5 Å². The van der Waals surface area contributed by atoms with E-state index in [2.05, 4.69) is 25.4 Å². The zero-order chi connectivity index (χ0) is 17.5. The van der Waals surface area contributed by atoms with Gasteiger partial charge in [-0.15, -0.1) is 11.3 Å². The van der Waals surface area contributed by atoms with Crippen molar-refractivity contribution in [3.8, 4) is 10.8 Å². The molecule has 0 radical (unpaired) electrons. The lowest BCUT2D eigenvalue weighted by atomic mass is 10.1. The number of hydrogen-bond donors (Lipinski definition) is 1. The Balaban J connectivity index is 1.41. The quantitative estimate of drug-likeness (QED) is 0.591. The average Bonchev–Trinajstić information content (AvgIpc) is 3.23. The molecule has 3 heterocycles. The Morgan fingerprint density at radius 1 is 1.15 bits per heavy atom. The van der Waals surface area contributed by atoms with Gasteiger partial charge < -0.3 is 9.84 Å². The molecule has 0 saturated heterocycles. The molecule has 1 aliphatic carbocycles. The number of aromatic nitrogens is 4. The maximum absolute atomic E-state index is 12.6. The van der Waals surface area contributed by atoms with Gasteiger partial charge >= 0.3 is 0 Å². The van der Waals surface area contributed by atoms with Gasteiger partial charge in [-0.3, -0.25) is 14.8 Å². The summed E-state index contributed by atoms with van der Waals surface area (Å²) in [7, 11) is 0. The third-order valence-electron chi connectivity index (χ3n) is 4.22. The second kappa shape index (κ2) is 5.99. The fourth-order valence-corrected chi connectivity index (χ4v) is 3.48. The number of thiophene rings is 1. The summed E-state index contributed by atoms with van der Waals surface area (Å²) in [5.41, 5.74) is 2.60. The van der Waals surface area contributed by atoms with E-state index in [1.165, 1.54) is 11.3 Å². The van der Waals surface area contributed by atoms with Crippen LogP contribution < -0.4 is 5.32 Å². The Morgan fingerprint density at radius 2 is 2.00 bits per heavy atom. The van der Waals surface area contributed by atoms with Crippen LogP contribution in [0, 0.1) is 0 Å². The van der Waals surface area contributed by atoms with E-state index in [0.29, 0.717) is 28.6 Å². The van der Waals surface area contributed by atoms with E-state index in [1.807, 2.05) is 11.4 Å². The SMILES string of the molecule is O=C(Nc1ccsc1-c1nc(C2CC2)no1)c1ccc2nccnc2c1. The first-order valence-electron chi connectivity index (χ1n) is 8.21. The minimum atomic E-state index is -0.223. The van der Waals surface area contributed by atoms with Crippen LogP contribution in [0.4, 0.5) is 5.69 Å². The average molecular weight is 363 g/mol. The summed E-state index contributed by atoms with van der Waals surface area (Å²) in [6.07, 6.45) is 5.45. The van der Waals surface area contributed by atoms with Crippen LogP contribution in [-0.4, -0.2) is 26.0 Å². The predicted octanol–water partition coefficient (Wildman–Crippen LogP) is 3.87. The molecule has 0 spiro atoms. The summed E-state index contributed by atoms with van der Waals surface area (Å²) in [4.78, 5) is 26.3. The Kier molecular flexibility index (Phi) is 3.49. The highest BCUT2D eigenvalue weighted by atomic mass is 32.1. The molecule has 1 fully saturated rings. The van der Waals surface area contributed by atoms with E-state index in [-0.39, 0.29) is 5.91 Å². The second-order valence-corrected chi connectivity index (χ2v) is 7.03. The van der Waals surface area contributed by atoms with E-state index in [4.69, 9.17) is 4.52 Å². The Bertz CT molecular complexity index is 1120. The van der Waals surface area contributed by atoms with Crippen LogP contribution >= 0.6 is 11.3 Å². The van der Waals surface area contributed by atoms with Crippen LogP contribution in [0.2, 0.25) is 0 Å². The Morgan fingerprint density at radius 3 is 2.85 bits per heavy atom. The minimum Gasteiger partial charge on any atom is -0.333 e. The number of carbonyl (C=O) groups excluding carboxylic acids is 1. The van der Waals surface area contributed by atoms with Crippen LogP contribution in [0.3, 0.4) is 0 Å². The summed E-state index contributed by atoms with van der Waals surface area (Å²) in [5.74, 6) is 1.39.